The van der Waals surface area contributed by atoms with E-state index in [1.165, 1.54) is 83.5 Å². The van der Waals surface area contributed by atoms with Crippen molar-refractivity contribution in [1.82, 2.24) is 0 Å². The van der Waals surface area contributed by atoms with Crippen LogP contribution in [-0.2, 0) is 4.79 Å². The molecular formula is C20H37IO2. The van der Waals surface area contributed by atoms with Crippen molar-refractivity contribution in [3.05, 3.63) is 10.2 Å². The summed E-state index contributed by atoms with van der Waals surface area (Å²) in [6.45, 7) is 2.05. The summed E-state index contributed by atoms with van der Waals surface area (Å²) in [5.41, 5.74) is 0. The van der Waals surface area contributed by atoms with Crippen LogP contribution in [0.15, 0.2) is 10.2 Å². The van der Waals surface area contributed by atoms with Gasteiger partial charge in [-0.15, -0.1) is 0 Å². The molecule has 0 aliphatic rings. The summed E-state index contributed by atoms with van der Waals surface area (Å²) < 4.78 is 2.12. The number of hydrogen-bond acceptors (Lipinski definition) is 1. The SMILES string of the molecule is C[C@H](CCCCCCCCCCCCCC/C=C/I)CC(=O)O. The molecule has 0 aliphatic heterocycles. The monoisotopic (exact) mass is 436 g/mol. The molecular weight excluding hydrogens is 399 g/mol. The molecule has 0 aliphatic carbocycles. The van der Waals surface area contributed by atoms with Crippen molar-refractivity contribution in [2.45, 2.75) is 103 Å². The summed E-state index contributed by atoms with van der Waals surface area (Å²) in [4.78, 5) is 10.6. The number of rotatable bonds is 17. The molecule has 0 radical (unpaired) electrons. The molecule has 0 aromatic rings. The van der Waals surface area contributed by atoms with Crippen molar-refractivity contribution in [2.24, 2.45) is 5.92 Å². The van der Waals surface area contributed by atoms with Gasteiger partial charge >= 0.3 is 5.97 Å². The highest BCUT2D eigenvalue weighted by atomic mass is 127. The summed E-state index contributed by atoms with van der Waals surface area (Å²) in [6.07, 6.45) is 21.2. The highest BCUT2D eigenvalue weighted by Crippen LogP contribution is 2.16. The number of allylic oxidation sites excluding steroid dienone is 1. The molecule has 0 heterocycles. The molecule has 0 amide bonds. The van der Waals surface area contributed by atoms with Gasteiger partial charge in [0.25, 0.3) is 0 Å². The van der Waals surface area contributed by atoms with Gasteiger partial charge in [0.2, 0.25) is 0 Å². The number of carboxylic acid groups (broad SMARTS) is 1. The number of halogens is 1. The minimum atomic E-state index is -0.657. The second kappa shape index (κ2) is 18.3. The zero-order chi connectivity index (χ0) is 17.2. The van der Waals surface area contributed by atoms with Crippen LogP contribution in [0.3, 0.4) is 0 Å². The maximum atomic E-state index is 10.6. The number of unbranched alkanes of at least 4 members (excludes halogenated alkanes) is 12. The lowest BCUT2D eigenvalue weighted by molar-refractivity contribution is -0.138. The van der Waals surface area contributed by atoms with Gasteiger partial charge in [0, 0.05) is 6.42 Å². The Kier molecular flexibility index (Phi) is 18.2. The van der Waals surface area contributed by atoms with E-state index in [0.717, 1.165) is 6.42 Å². The predicted octanol–water partition coefficient (Wildman–Crippen LogP) is 7.51. The molecule has 23 heavy (non-hydrogen) atoms. The van der Waals surface area contributed by atoms with E-state index < -0.39 is 5.97 Å². The van der Waals surface area contributed by atoms with Gasteiger partial charge in [-0.25, -0.2) is 0 Å². The van der Waals surface area contributed by atoms with E-state index in [2.05, 4.69) is 32.7 Å². The first-order valence-electron chi connectivity index (χ1n) is 9.63. The van der Waals surface area contributed by atoms with Gasteiger partial charge < -0.3 is 5.11 Å². The van der Waals surface area contributed by atoms with Crippen molar-refractivity contribution in [3.63, 3.8) is 0 Å². The third kappa shape index (κ3) is 19.9. The molecule has 0 saturated carbocycles. The Labute approximate surface area is 157 Å². The molecule has 0 unspecified atom stereocenters. The molecule has 0 fully saturated rings. The first-order valence-corrected chi connectivity index (χ1v) is 10.9. The van der Waals surface area contributed by atoms with Gasteiger partial charge in [0.1, 0.15) is 0 Å². The molecule has 1 N–H and O–H groups in total. The third-order valence-electron chi connectivity index (χ3n) is 4.43. The highest BCUT2D eigenvalue weighted by molar-refractivity contribution is 14.1. The third-order valence-corrected chi connectivity index (χ3v) is 4.94. The lowest BCUT2D eigenvalue weighted by Gasteiger charge is -2.08. The van der Waals surface area contributed by atoms with E-state index in [-0.39, 0.29) is 0 Å². The van der Waals surface area contributed by atoms with Crippen LogP contribution in [0.5, 0.6) is 0 Å². The lowest BCUT2D eigenvalue weighted by Crippen LogP contribution is -2.03. The van der Waals surface area contributed by atoms with Crippen LogP contribution < -0.4 is 0 Å². The minimum Gasteiger partial charge on any atom is -0.481 e. The maximum Gasteiger partial charge on any atom is 0.303 e. The van der Waals surface area contributed by atoms with Crippen LogP contribution in [0.2, 0.25) is 0 Å². The number of carboxylic acids is 1. The molecule has 0 rings (SSSR count). The average molecular weight is 436 g/mol. The van der Waals surface area contributed by atoms with Gasteiger partial charge in [0.05, 0.1) is 0 Å². The Morgan fingerprint density at radius 1 is 0.870 bits per heavy atom. The van der Waals surface area contributed by atoms with Crippen LogP contribution in [0.1, 0.15) is 103 Å². The van der Waals surface area contributed by atoms with E-state index in [1.807, 2.05) is 6.92 Å². The molecule has 136 valence electrons. The van der Waals surface area contributed by atoms with E-state index in [0.29, 0.717) is 12.3 Å². The standard InChI is InChI=1S/C20H37IO2/c1-19(18-20(22)23)16-14-12-10-8-6-4-2-3-5-7-9-11-13-15-17-21/h15,17,19H,2-14,16,18H2,1H3,(H,22,23)/b17-15+/t19-/m1/s1. The smallest absolute Gasteiger partial charge is 0.303 e. The minimum absolute atomic E-state index is 0.328. The molecule has 0 spiro atoms. The van der Waals surface area contributed by atoms with Crippen molar-refractivity contribution < 1.29 is 9.90 Å². The predicted molar refractivity (Wildman–Crippen MR) is 109 cm³/mol. The van der Waals surface area contributed by atoms with Crippen LogP contribution in [0.25, 0.3) is 0 Å². The first-order chi connectivity index (χ1) is 11.2. The second-order valence-electron chi connectivity index (χ2n) is 6.88. The summed E-state index contributed by atoms with van der Waals surface area (Å²) in [7, 11) is 0. The fraction of sp³-hybridized carbons (Fsp3) is 0.850. The quantitative estimate of drug-likeness (QED) is 0.189. The largest absolute Gasteiger partial charge is 0.481 e. The topological polar surface area (TPSA) is 37.3 Å². The number of carbonyl (C=O) groups is 1. The van der Waals surface area contributed by atoms with E-state index in [4.69, 9.17) is 5.11 Å². The second-order valence-corrected chi connectivity index (χ2v) is 7.60. The van der Waals surface area contributed by atoms with Crippen molar-refractivity contribution >= 4 is 28.6 Å². The Hall–Kier alpha value is -0.0600. The van der Waals surface area contributed by atoms with Gasteiger partial charge in [0.15, 0.2) is 0 Å². The van der Waals surface area contributed by atoms with Crippen molar-refractivity contribution in [1.29, 1.82) is 0 Å². The van der Waals surface area contributed by atoms with E-state index in [1.54, 1.807) is 0 Å². The van der Waals surface area contributed by atoms with Gasteiger partial charge in [-0.3, -0.25) is 4.79 Å². The molecule has 0 aromatic heterocycles. The average Bonchev–Trinajstić information content (AvgIpc) is 2.50. The lowest BCUT2D eigenvalue weighted by atomic mass is 9.99. The van der Waals surface area contributed by atoms with Crippen molar-refractivity contribution in [2.75, 3.05) is 0 Å². The fourth-order valence-electron chi connectivity index (χ4n) is 2.99. The molecule has 0 bridgehead atoms. The van der Waals surface area contributed by atoms with E-state index in [9.17, 15) is 4.79 Å². The molecule has 2 nitrogen and oxygen atoms in total. The Balaban J connectivity index is 3.09. The van der Waals surface area contributed by atoms with Crippen LogP contribution in [0, 0.1) is 5.92 Å². The molecule has 0 saturated heterocycles. The Morgan fingerprint density at radius 3 is 1.74 bits per heavy atom. The summed E-state index contributed by atoms with van der Waals surface area (Å²) >= 11 is 2.29. The normalized spacial score (nSPS) is 12.8. The van der Waals surface area contributed by atoms with Crippen molar-refractivity contribution in [3.8, 4) is 0 Å². The summed E-state index contributed by atoms with van der Waals surface area (Å²) in [5, 5.41) is 8.71. The van der Waals surface area contributed by atoms with Crippen LogP contribution in [0.4, 0.5) is 0 Å². The first kappa shape index (κ1) is 22.9. The summed E-state index contributed by atoms with van der Waals surface area (Å²) in [5.74, 6) is -0.319. The zero-order valence-corrected chi connectivity index (χ0v) is 17.2. The van der Waals surface area contributed by atoms with Crippen LogP contribution in [-0.4, -0.2) is 11.1 Å². The maximum absolute atomic E-state index is 10.6. The number of aliphatic carboxylic acids is 1. The fourth-order valence-corrected chi connectivity index (χ4v) is 3.35. The Bertz CT molecular complexity index is 289. The molecule has 1 atom stereocenters. The van der Waals surface area contributed by atoms with Gasteiger partial charge in [-0.2, -0.15) is 0 Å². The Morgan fingerprint density at radius 2 is 1.30 bits per heavy atom. The zero-order valence-electron chi connectivity index (χ0n) is 15.1. The number of hydrogen-bond donors (Lipinski definition) is 1. The highest BCUT2D eigenvalue weighted by Gasteiger charge is 2.06. The summed E-state index contributed by atoms with van der Waals surface area (Å²) in [6, 6.07) is 0. The molecule has 0 aromatic carbocycles. The molecule has 3 heteroatoms. The van der Waals surface area contributed by atoms with E-state index >= 15 is 0 Å². The van der Waals surface area contributed by atoms with Gasteiger partial charge in [-0.1, -0.05) is 113 Å². The van der Waals surface area contributed by atoms with Gasteiger partial charge in [-0.05, 0) is 22.8 Å². The van der Waals surface area contributed by atoms with Crippen LogP contribution >= 0.6 is 22.6 Å².